The molecule has 0 saturated carbocycles. The van der Waals surface area contributed by atoms with Crippen molar-refractivity contribution in [3.05, 3.63) is 10.4 Å². The van der Waals surface area contributed by atoms with E-state index in [2.05, 4.69) is 25.4 Å². The Balaban J connectivity index is 4.33. The predicted octanol–water partition coefficient (Wildman–Crippen LogP) is 1.73. The quantitative estimate of drug-likeness (QED) is 0.331. The van der Waals surface area contributed by atoms with Gasteiger partial charge in [-0.25, -0.2) is 4.79 Å². The number of azide groups is 1. The van der Waals surface area contributed by atoms with E-state index in [4.69, 9.17) is 5.53 Å². The van der Waals surface area contributed by atoms with E-state index < -0.39 is 18.3 Å². The maximum atomic E-state index is 11.1. The summed E-state index contributed by atoms with van der Waals surface area (Å²) in [6.07, 6.45) is -1.28. The Hall–Kier alpha value is -1.95. The summed E-state index contributed by atoms with van der Waals surface area (Å²) in [6.45, 7) is 5.48. The van der Waals surface area contributed by atoms with Gasteiger partial charge >= 0.3 is 12.1 Å². The standard InChI is InChI=1S/C8H15N5O3/c1-4-16-8(15)11-6(5(2)3)10-7(14)12-13-9/h5-6H,4H2,1-3H3,(H,10,14)(H,11,15)/t6-/m0/s1. The maximum Gasteiger partial charge on any atom is 0.408 e. The van der Waals surface area contributed by atoms with Gasteiger partial charge < -0.3 is 15.4 Å². The van der Waals surface area contributed by atoms with Gasteiger partial charge in [0.2, 0.25) is 0 Å². The summed E-state index contributed by atoms with van der Waals surface area (Å²) < 4.78 is 4.66. The first kappa shape index (κ1) is 14.1. The van der Waals surface area contributed by atoms with Crippen LogP contribution in [-0.2, 0) is 4.74 Å². The van der Waals surface area contributed by atoms with Crippen LogP contribution >= 0.6 is 0 Å². The number of nitrogens with zero attached hydrogens (tertiary/aromatic N) is 3. The van der Waals surface area contributed by atoms with Gasteiger partial charge in [-0.15, -0.1) is 0 Å². The molecule has 0 unspecified atom stereocenters. The number of hydrogen-bond donors (Lipinski definition) is 2. The Bertz CT molecular complexity index is 298. The Labute approximate surface area is 93.0 Å². The molecule has 1 atom stereocenters. The van der Waals surface area contributed by atoms with Crippen molar-refractivity contribution in [2.24, 2.45) is 11.0 Å². The van der Waals surface area contributed by atoms with Crippen LogP contribution in [0.2, 0.25) is 0 Å². The largest absolute Gasteiger partial charge is 0.450 e. The molecule has 3 amide bonds. The van der Waals surface area contributed by atoms with Gasteiger partial charge in [-0.3, -0.25) is 4.79 Å². The number of carbonyl (C=O) groups is 2. The van der Waals surface area contributed by atoms with Crippen LogP contribution in [0, 0.1) is 5.92 Å². The van der Waals surface area contributed by atoms with E-state index in [0.717, 1.165) is 0 Å². The van der Waals surface area contributed by atoms with Crippen molar-refractivity contribution in [3.8, 4) is 0 Å². The SMILES string of the molecule is CCOC(=O)N[C@H](NC(=O)N=[N+]=[N-])C(C)C. The first-order valence-electron chi connectivity index (χ1n) is 4.80. The summed E-state index contributed by atoms with van der Waals surface area (Å²) in [5, 5.41) is 7.60. The Morgan fingerprint density at radius 1 is 1.44 bits per heavy atom. The number of rotatable bonds is 4. The van der Waals surface area contributed by atoms with Gasteiger partial charge in [-0.2, -0.15) is 0 Å². The fourth-order valence-corrected chi connectivity index (χ4v) is 0.872. The van der Waals surface area contributed by atoms with Gasteiger partial charge in [0.1, 0.15) is 6.17 Å². The number of ether oxygens (including phenoxy) is 1. The number of hydrogen-bond acceptors (Lipinski definition) is 3. The predicted molar refractivity (Wildman–Crippen MR) is 56.5 cm³/mol. The molecule has 0 aromatic carbocycles. The Morgan fingerprint density at radius 2 is 2.06 bits per heavy atom. The smallest absolute Gasteiger partial charge is 0.408 e. The van der Waals surface area contributed by atoms with Gasteiger partial charge in [0.05, 0.1) is 6.61 Å². The monoisotopic (exact) mass is 229 g/mol. The number of nitrogens with one attached hydrogen (secondary N) is 2. The molecule has 0 aromatic heterocycles. The minimum Gasteiger partial charge on any atom is -0.450 e. The fourth-order valence-electron chi connectivity index (χ4n) is 0.872. The average molecular weight is 229 g/mol. The second-order valence-corrected chi connectivity index (χ2v) is 3.23. The van der Waals surface area contributed by atoms with Crippen LogP contribution < -0.4 is 10.6 Å². The van der Waals surface area contributed by atoms with Crippen molar-refractivity contribution in [3.63, 3.8) is 0 Å². The lowest BCUT2D eigenvalue weighted by Crippen LogP contribution is -2.50. The molecule has 0 spiro atoms. The van der Waals surface area contributed by atoms with Crippen LogP contribution in [0.5, 0.6) is 0 Å². The highest BCUT2D eigenvalue weighted by Gasteiger charge is 2.18. The van der Waals surface area contributed by atoms with Crippen LogP contribution in [0.15, 0.2) is 5.11 Å². The number of amides is 3. The topological polar surface area (TPSA) is 116 Å². The first-order valence-corrected chi connectivity index (χ1v) is 4.80. The second kappa shape index (κ2) is 7.36. The minimum absolute atomic E-state index is 0.0674. The lowest BCUT2D eigenvalue weighted by molar-refractivity contribution is 0.142. The summed E-state index contributed by atoms with van der Waals surface area (Å²) in [6, 6.07) is -0.849. The molecular formula is C8H15N5O3. The molecule has 0 aliphatic rings. The van der Waals surface area contributed by atoms with Gasteiger partial charge in [0, 0.05) is 10.0 Å². The van der Waals surface area contributed by atoms with Crippen LogP contribution in [-0.4, -0.2) is 24.9 Å². The van der Waals surface area contributed by atoms with Crippen molar-refractivity contribution in [1.82, 2.24) is 10.6 Å². The van der Waals surface area contributed by atoms with Crippen molar-refractivity contribution < 1.29 is 14.3 Å². The van der Waals surface area contributed by atoms with E-state index in [1.165, 1.54) is 0 Å². The molecule has 0 aliphatic carbocycles. The molecule has 8 heteroatoms. The summed E-state index contributed by atoms with van der Waals surface area (Å²) in [4.78, 5) is 24.4. The molecular weight excluding hydrogens is 214 g/mol. The van der Waals surface area contributed by atoms with Crippen molar-refractivity contribution in [2.75, 3.05) is 6.61 Å². The lowest BCUT2D eigenvalue weighted by atomic mass is 10.1. The molecule has 90 valence electrons. The van der Waals surface area contributed by atoms with E-state index in [1.807, 2.05) is 0 Å². The number of carbonyl (C=O) groups excluding carboxylic acids is 2. The van der Waals surface area contributed by atoms with Crippen molar-refractivity contribution in [1.29, 1.82) is 0 Å². The molecule has 0 heterocycles. The summed E-state index contributed by atoms with van der Waals surface area (Å²) in [7, 11) is 0. The molecule has 0 aliphatic heterocycles. The number of urea groups is 1. The first-order chi connectivity index (χ1) is 7.51. The molecule has 16 heavy (non-hydrogen) atoms. The van der Waals surface area contributed by atoms with E-state index in [-0.39, 0.29) is 12.5 Å². The van der Waals surface area contributed by atoms with Crippen LogP contribution in [0.1, 0.15) is 20.8 Å². The molecule has 0 bridgehead atoms. The molecule has 0 fully saturated rings. The van der Waals surface area contributed by atoms with Crippen molar-refractivity contribution in [2.45, 2.75) is 26.9 Å². The third kappa shape index (κ3) is 5.71. The zero-order valence-corrected chi connectivity index (χ0v) is 9.43. The van der Waals surface area contributed by atoms with Crippen molar-refractivity contribution >= 4 is 12.1 Å². The van der Waals surface area contributed by atoms with E-state index >= 15 is 0 Å². The van der Waals surface area contributed by atoms with Gasteiger partial charge in [0.15, 0.2) is 0 Å². The van der Waals surface area contributed by atoms with E-state index in [1.54, 1.807) is 20.8 Å². The third-order valence-electron chi connectivity index (χ3n) is 1.63. The average Bonchev–Trinajstić information content (AvgIpc) is 2.17. The lowest BCUT2D eigenvalue weighted by Gasteiger charge is -2.22. The Morgan fingerprint density at radius 3 is 2.50 bits per heavy atom. The summed E-state index contributed by atoms with van der Waals surface area (Å²) >= 11 is 0. The molecule has 0 aromatic rings. The van der Waals surface area contributed by atoms with E-state index in [0.29, 0.717) is 0 Å². The van der Waals surface area contributed by atoms with Crippen LogP contribution in [0.3, 0.4) is 0 Å². The summed E-state index contributed by atoms with van der Waals surface area (Å²) in [5.41, 5.74) is 8.04. The molecule has 0 rings (SSSR count). The zero-order chi connectivity index (χ0) is 12.6. The van der Waals surface area contributed by atoms with Gasteiger partial charge in [0.25, 0.3) is 0 Å². The second-order valence-electron chi connectivity index (χ2n) is 3.23. The molecule has 8 nitrogen and oxygen atoms in total. The van der Waals surface area contributed by atoms with E-state index in [9.17, 15) is 9.59 Å². The number of alkyl carbamates (subject to hydrolysis) is 1. The van der Waals surface area contributed by atoms with Crippen LogP contribution in [0.25, 0.3) is 10.4 Å². The van der Waals surface area contributed by atoms with Gasteiger partial charge in [-0.1, -0.05) is 13.8 Å². The zero-order valence-electron chi connectivity index (χ0n) is 9.43. The highest BCUT2D eigenvalue weighted by Crippen LogP contribution is 1.99. The minimum atomic E-state index is -0.849. The Kier molecular flexibility index (Phi) is 6.46. The molecule has 0 saturated heterocycles. The highest BCUT2D eigenvalue weighted by molar-refractivity contribution is 5.76. The van der Waals surface area contributed by atoms with Crippen LogP contribution in [0.4, 0.5) is 9.59 Å². The van der Waals surface area contributed by atoms with Gasteiger partial charge in [-0.05, 0) is 18.4 Å². The highest BCUT2D eigenvalue weighted by atomic mass is 16.5. The normalized spacial score (nSPS) is 11.2. The molecule has 0 radical (unpaired) electrons. The summed E-state index contributed by atoms with van der Waals surface area (Å²) in [5.74, 6) is -0.0674. The maximum absolute atomic E-state index is 11.1. The third-order valence-corrected chi connectivity index (χ3v) is 1.63. The molecule has 2 N–H and O–H groups in total. The fraction of sp³-hybridized carbons (Fsp3) is 0.750.